The smallest absolute Gasteiger partial charge is 0.328 e. The minimum absolute atomic E-state index is 0.373. The highest BCUT2D eigenvalue weighted by Crippen LogP contribution is 2.21. The van der Waals surface area contributed by atoms with Gasteiger partial charge in [-0.25, -0.2) is 0 Å². The molecule has 1 rings (SSSR count). The zero-order valence-electron chi connectivity index (χ0n) is 8.02. The third-order valence-corrected chi connectivity index (χ3v) is 1.88. The molecule has 4 heteroatoms. The van der Waals surface area contributed by atoms with E-state index in [0.717, 1.165) is 11.8 Å². The number of benzene rings is 1. The molecule has 0 N–H and O–H groups in total. The highest BCUT2D eigenvalue weighted by molar-refractivity contribution is 6.34. The van der Waals surface area contributed by atoms with Crippen molar-refractivity contribution in [2.75, 3.05) is 7.11 Å². The van der Waals surface area contributed by atoms with Crippen LogP contribution in [-0.4, -0.2) is 23.9 Å². The fourth-order valence-electron chi connectivity index (χ4n) is 1.24. The summed E-state index contributed by atoms with van der Waals surface area (Å²) in [5.41, 5.74) is 9.47. The number of methoxy groups -OCH3 is 1. The van der Waals surface area contributed by atoms with Gasteiger partial charge < -0.3 is 10.3 Å². The Morgan fingerprint density at radius 1 is 1.57 bits per heavy atom. The molecule has 72 valence electrons. The van der Waals surface area contributed by atoms with Crippen LogP contribution < -0.4 is 4.74 Å². The van der Waals surface area contributed by atoms with Crippen molar-refractivity contribution >= 4 is 12.0 Å². The molecule has 4 nitrogen and oxygen atoms in total. The number of hydrogen-bond donors (Lipinski definition) is 0. The zero-order chi connectivity index (χ0) is 10.6. The first kappa shape index (κ1) is 10.2. The Hall–Kier alpha value is -1.93. The van der Waals surface area contributed by atoms with Crippen LogP contribution in [0.15, 0.2) is 18.2 Å². The summed E-state index contributed by atoms with van der Waals surface area (Å²) in [6, 6.07) is 5.27. The molecule has 0 saturated heterocycles. The molecule has 0 spiro atoms. The molecule has 0 aliphatic carbocycles. The summed E-state index contributed by atoms with van der Waals surface area (Å²) < 4.78 is 5.03. The van der Waals surface area contributed by atoms with Gasteiger partial charge in [-0.2, -0.15) is 4.79 Å². The van der Waals surface area contributed by atoms with Crippen LogP contribution in [-0.2, 0) is 0 Å². The van der Waals surface area contributed by atoms with Crippen molar-refractivity contribution in [3.8, 4) is 5.75 Å². The Morgan fingerprint density at radius 2 is 2.29 bits per heavy atom. The first-order valence-electron chi connectivity index (χ1n) is 4.06. The van der Waals surface area contributed by atoms with Crippen molar-refractivity contribution in [3.05, 3.63) is 34.9 Å². The number of aryl methyl sites for hydroxylation is 1. The molecular weight excluding hydrogens is 180 g/mol. The quantitative estimate of drug-likeness (QED) is 0.313. The summed E-state index contributed by atoms with van der Waals surface area (Å²) >= 11 is 0. The summed E-state index contributed by atoms with van der Waals surface area (Å²) in [4.78, 5) is 14.2. The van der Waals surface area contributed by atoms with E-state index in [1.165, 1.54) is 7.11 Å². The molecule has 0 atom stereocenters. The van der Waals surface area contributed by atoms with E-state index in [1.54, 1.807) is 25.1 Å². The van der Waals surface area contributed by atoms with E-state index in [1.807, 2.05) is 0 Å². The Morgan fingerprint density at radius 3 is 2.86 bits per heavy atom. The Kier molecular flexibility index (Phi) is 3.15. The van der Waals surface area contributed by atoms with E-state index in [-0.39, 0.29) is 5.78 Å². The third-order valence-electron chi connectivity index (χ3n) is 1.88. The standard InChI is InChI=1S/C10H10N2O2/c1-7-4-3-5-9(14-2)10(7)8(13)6-12-11/h3-6H,1-2H3. The van der Waals surface area contributed by atoms with Crippen molar-refractivity contribution in [2.24, 2.45) is 0 Å². The Labute approximate surface area is 81.7 Å². The first-order chi connectivity index (χ1) is 6.70. The van der Waals surface area contributed by atoms with Gasteiger partial charge in [0, 0.05) is 0 Å². The van der Waals surface area contributed by atoms with Gasteiger partial charge in [-0.1, -0.05) is 12.1 Å². The van der Waals surface area contributed by atoms with Crippen molar-refractivity contribution in [1.82, 2.24) is 0 Å². The lowest BCUT2D eigenvalue weighted by Gasteiger charge is -2.06. The highest BCUT2D eigenvalue weighted by Gasteiger charge is 2.15. The Balaban J connectivity index is 3.30. The number of ether oxygens (including phenoxy) is 1. The Bertz CT molecular complexity index is 407. The molecule has 0 unspecified atom stereocenters. The number of hydrogen-bond acceptors (Lipinski definition) is 2. The van der Waals surface area contributed by atoms with Crippen LogP contribution in [0.4, 0.5) is 0 Å². The molecule has 1 aromatic rings. The zero-order valence-corrected chi connectivity index (χ0v) is 8.02. The highest BCUT2D eigenvalue weighted by atomic mass is 16.5. The van der Waals surface area contributed by atoms with Gasteiger partial charge in [0.15, 0.2) is 0 Å². The molecule has 0 aliphatic heterocycles. The van der Waals surface area contributed by atoms with Crippen molar-refractivity contribution in [1.29, 1.82) is 0 Å². The van der Waals surface area contributed by atoms with E-state index in [9.17, 15) is 4.79 Å². The molecule has 0 fully saturated rings. The molecule has 0 aromatic heterocycles. The van der Waals surface area contributed by atoms with Crippen molar-refractivity contribution in [2.45, 2.75) is 6.92 Å². The van der Waals surface area contributed by atoms with Crippen LogP contribution in [0.1, 0.15) is 15.9 Å². The average molecular weight is 190 g/mol. The maximum atomic E-state index is 11.5. The minimum atomic E-state index is -0.373. The normalized spacial score (nSPS) is 9.00. The predicted octanol–water partition coefficient (Wildman–Crippen LogP) is 1.49. The third kappa shape index (κ3) is 1.87. The maximum Gasteiger partial charge on any atom is 0.328 e. The summed E-state index contributed by atoms with van der Waals surface area (Å²) in [7, 11) is 1.49. The van der Waals surface area contributed by atoms with Crippen molar-refractivity contribution in [3.63, 3.8) is 0 Å². The van der Waals surface area contributed by atoms with Gasteiger partial charge in [0.05, 0.1) is 12.7 Å². The molecule has 0 radical (unpaired) electrons. The van der Waals surface area contributed by atoms with Crippen LogP contribution in [0.25, 0.3) is 5.53 Å². The summed E-state index contributed by atoms with van der Waals surface area (Å²) in [5.74, 6) is 0.109. The predicted molar refractivity (Wildman–Crippen MR) is 51.7 cm³/mol. The molecule has 1 aromatic carbocycles. The monoisotopic (exact) mass is 190 g/mol. The SMILES string of the molecule is COc1cccc(C)c1C(=O)C=[N+]=[N-]. The summed E-state index contributed by atoms with van der Waals surface area (Å²) in [6.45, 7) is 1.79. The molecule has 0 amide bonds. The van der Waals surface area contributed by atoms with Gasteiger partial charge in [0.25, 0.3) is 5.78 Å². The maximum absolute atomic E-state index is 11.5. The van der Waals surface area contributed by atoms with E-state index in [0.29, 0.717) is 11.3 Å². The molecule has 0 bridgehead atoms. The number of carbonyl (C=O) groups excluding carboxylic acids is 1. The van der Waals surface area contributed by atoms with E-state index >= 15 is 0 Å². The number of Topliss-reactive ketones (excluding diaryl/α,β-unsaturated/α-hetero) is 1. The second kappa shape index (κ2) is 4.35. The fraction of sp³-hybridized carbons (Fsp3) is 0.200. The fourth-order valence-corrected chi connectivity index (χ4v) is 1.24. The molecule has 0 heterocycles. The van der Waals surface area contributed by atoms with Gasteiger partial charge in [-0.15, -0.1) is 0 Å². The second-order valence-electron chi connectivity index (χ2n) is 2.76. The number of nitrogens with zero attached hydrogens (tertiary/aromatic N) is 2. The minimum Gasteiger partial charge on any atom is -0.496 e. The van der Waals surface area contributed by atoms with E-state index in [4.69, 9.17) is 10.3 Å². The largest absolute Gasteiger partial charge is 0.496 e. The van der Waals surface area contributed by atoms with Crippen LogP contribution in [0.5, 0.6) is 5.75 Å². The number of ketones is 1. The van der Waals surface area contributed by atoms with Gasteiger partial charge in [-0.3, -0.25) is 4.79 Å². The van der Waals surface area contributed by atoms with E-state index < -0.39 is 0 Å². The number of rotatable bonds is 3. The molecule has 0 saturated carbocycles. The van der Waals surface area contributed by atoms with Gasteiger partial charge in [-0.05, 0) is 18.6 Å². The molecule has 14 heavy (non-hydrogen) atoms. The van der Waals surface area contributed by atoms with Gasteiger partial charge in [0.2, 0.25) is 0 Å². The molecule has 0 aliphatic rings. The lowest BCUT2D eigenvalue weighted by Crippen LogP contribution is -2.06. The molecular formula is C10H10N2O2. The lowest BCUT2D eigenvalue weighted by molar-refractivity contribution is 0.00231. The van der Waals surface area contributed by atoms with Crippen LogP contribution in [0.2, 0.25) is 0 Å². The van der Waals surface area contributed by atoms with Crippen LogP contribution in [0, 0.1) is 6.92 Å². The summed E-state index contributed by atoms with van der Waals surface area (Å²) in [6.07, 6.45) is 0.852. The average Bonchev–Trinajstić information content (AvgIpc) is 2.17. The van der Waals surface area contributed by atoms with Crippen molar-refractivity contribution < 1.29 is 14.3 Å². The number of carbonyl (C=O) groups is 1. The summed E-state index contributed by atoms with van der Waals surface area (Å²) in [5, 5.41) is 0. The van der Waals surface area contributed by atoms with Gasteiger partial charge in [0.1, 0.15) is 5.75 Å². The van der Waals surface area contributed by atoms with E-state index in [2.05, 4.69) is 4.79 Å². The second-order valence-corrected chi connectivity index (χ2v) is 2.76. The lowest BCUT2D eigenvalue weighted by atomic mass is 10.0. The van der Waals surface area contributed by atoms with Crippen LogP contribution >= 0.6 is 0 Å². The first-order valence-corrected chi connectivity index (χ1v) is 4.06. The topological polar surface area (TPSA) is 62.7 Å². The van der Waals surface area contributed by atoms with Crippen LogP contribution in [0.3, 0.4) is 0 Å². The van der Waals surface area contributed by atoms with Gasteiger partial charge >= 0.3 is 6.21 Å².